The van der Waals surface area contributed by atoms with E-state index in [1.54, 1.807) is 12.1 Å². The Bertz CT molecular complexity index is 651. The van der Waals surface area contributed by atoms with E-state index in [1.165, 1.54) is 17.7 Å². The highest BCUT2D eigenvalue weighted by Gasteiger charge is 2.24. The number of carbonyl (C=O) groups is 1. The second-order valence-electron chi connectivity index (χ2n) is 5.57. The van der Waals surface area contributed by atoms with E-state index in [0.717, 1.165) is 18.5 Å². The molecule has 1 aliphatic heterocycles. The van der Waals surface area contributed by atoms with E-state index < -0.39 is 0 Å². The Balaban J connectivity index is 1.84. The van der Waals surface area contributed by atoms with Crippen molar-refractivity contribution in [3.8, 4) is 0 Å². The molecule has 0 radical (unpaired) electrons. The van der Waals surface area contributed by atoms with Gasteiger partial charge < -0.3 is 4.90 Å². The van der Waals surface area contributed by atoms with Crippen LogP contribution in [0.5, 0.6) is 0 Å². The van der Waals surface area contributed by atoms with E-state index in [0.29, 0.717) is 18.2 Å². The Hall–Kier alpha value is -2.16. The molecular formula is C18H18FNO. The van der Waals surface area contributed by atoms with Gasteiger partial charge in [-0.15, -0.1) is 0 Å². The van der Waals surface area contributed by atoms with Crippen LogP contribution in [0.25, 0.3) is 0 Å². The number of Topliss-reactive ketones (excluding diaryl/α,β-unsaturated/α-hetero) is 1. The Morgan fingerprint density at radius 1 is 1.19 bits per heavy atom. The lowest BCUT2D eigenvalue weighted by Gasteiger charge is -2.36. The van der Waals surface area contributed by atoms with Gasteiger partial charge in [0.05, 0.1) is 6.54 Å². The fourth-order valence-electron chi connectivity index (χ4n) is 2.88. The number of benzene rings is 2. The Morgan fingerprint density at radius 3 is 2.67 bits per heavy atom. The first kappa shape index (κ1) is 13.8. The lowest BCUT2D eigenvalue weighted by atomic mass is 9.96. The van der Waals surface area contributed by atoms with Crippen LogP contribution in [0.4, 0.5) is 10.1 Å². The van der Waals surface area contributed by atoms with E-state index in [4.69, 9.17) is 0 Å². The molecule has 0 N–H and O–H groups in total. The van der Waals surface area contributed by atoms with Crippen molar-refractivity contribution in [3.05, 3.63) is 65.5 Å². The van der Waals surface area contributed by atoms with E-state index in [2.05, 4.69) is 24.0 Å². The van der Waals surface area contributed by atoms with Crippen LogP contribution in [0.3, 0.4) is 0 Å². The van der Waals surface area contributed by atoms with E-state index in [9.17, 15) is 9.18 Å². The lowest BCUT2D eigenvalue weighted by molar-refractivity contribution is 0.0996. The number of nitrogens with zero attached hydrogens (tertiary/aromatic N) is 1. The van der Waals surface area contributed by atoms with Crippen LogP contribution in [0.2, 0.25) is 0 Å². The largest absolute Gasteiger partial charge is 0.361 e. The number of rotatable bonds is 3. The number of para-hydroxylation sites is 1. The van der Waals surface area contributed by atoms with Crippen LogP contribution in [0, 0.1) is 5.82 Å². The predicted molar refractivity (Wildman–Crippen MR) is 82.3 cm³/mol. The van der Waals surface area contributed by atoms with Crippen LogP contribution < -0.4 is 4.90 Å². The molecule has 1 atom stereocenters. The minimum absolute atomic E-state index is 0.0264. The maximum atomic E-state index is 12.9. The van der Waals surface area contributed by atoms with Crippen LogP contribution in [0.15, 0.2) is 48.5 Å². The molecule has 0 aromatic heterocycles. The minimum Gasteiger partial charge on any atom is -0.361 e. The highest BCUT2D eigenvalue weighted by Crippen LogP contribution is 2.30. The third-order valence-corrected chi connectivity index (χ3v) is 4.14. The van der Waals surface area contributed by atoms with Gasteiger partial charge in [0, 0.05) is 17.3 Å². The summed E-state index contributed by atoms with van der Waals surface area (Å²) in [5.74, 6) is -0.290. The zero-order chi connectivity index (χ0) is 14.8. The van der Waals surface area contributed by atoms with Crippen molar-refractivity contribution in [1.29, 1.82) is 0 Å². The van der Waals surface area contributed by atoms with Crippen LogP contribution in [-0.4, -0.2) is 18.4 Å². The van der Waals surface area contributed by atoms with Gasteiger partial charge in [0.2, 0.25) is 0 Å². The molecular weight excluding hydrogens is 265 g/mol. The minimum atomic E-state index is -0.316. The summed E-state index contributed by atoms with van der Waals surface area (Å²) >= 11 is 0. The SMILES string of the molecule is CC1CCc2ccccc2N1CC(=O)c1ccc(F)cc1. The van der Waals surface area contributed by atoms with Gasteiger partial charge in [-0.25, -0.2) is 4.39 Å². The summed E-state index contributed by atoms with van der Waals surface area (Å²) in [7, 11) is 0. The van der Waals surface area contributed by atoms with Crippen molar-refractivity contribution in [2.24, 2.45) is 0 Å². The summed E-state index contributed by atoms with van der Waals surface area (Å²) in [6.45, 7) is 2.48. The maximum Gasteiger partial charge on any atom is 0.182 e. The normalized spacial score (nSPS) is 17.4. The fourth-order valence-corrected chi connectivity index (χ4v) is 2.88. The molecule has 1 aliphatic rings. The zero-order valence-electron chi connectivity index (χ0n) is 12.1. The highest BCUT2D eigenvalue weighted by atomic mass is 19.1. The van der Waals surface area contributed by atoms with Gasteiger partial charge in [-0.1, -0.05) is 18.2 Å². The summed E-state index contributed by atoms with van der Waals surface area (Å²) in [5.41, 5.74) is 3.00. The van der Waals surface area contributed by atoms with Crippen molar-refractivity contribution in [1.82, 2.24) is 0 Å². The van der Waals surface area contributed by atoms with E-state index >= 15 is 0 Å². The summed E-state index contributed by atoms with van der Waals surface area (Å²) in [6.07, 6.45) is 2.10. The molecule has 2 aromatic carbocycles. The first-order chi connectivity index (χ1) is 10.1. The average Bonchev–Trinajstić information content (AvgIpc) is 2.51. The number of hydrogen-bond acceptors (Lipinski definition) is 2. The second kappa shape index (κ2) is 5.68. The average molecular weight is 283 g/mol. The van der Waals surface area contributed by atoms with Crippen molar-refractivity contribution in [3.63, 3.8) is 0 Å². The van der Waals surface area contributed by atoms with Crippen LogP contribution in [-0.2, 0) is 6.42 Å². The molecule has 3 rings (SSSR count). The summed E-state index contributed by atoms with van der Waals surface area (Å²) in [5, 5.41) is 0. The van der Waals surface area contributed by atoms with Gasteiger partial charge in [-0.2, -0.15) is 0 Å². The van der Waals surface area contributed by atoms with E-state index in [1.807, 2.05) is 12.1 Å². The van der Waals surface area contributed by atoms with Crippen molar-refractivity contribution in [2.45, 2.75) is 25.8 Å². The number of aryl methyl sites for hydroxylation is 1. The third-order valence-electron chi connectivity index (χ3n) is 4.14. The lowest BCUT2D eigenvalue weighted by Crippen LogP contribution is -2.40. The molecule has 0 fully saturated rings. The zero-order valence-corrected chi connectivity index (χ0v) is 12.1. The van der Waals surface area contributed by atoms with Crippen LogP contribution in [0.1, 0.15) is 29.3 Å². The van der Waals surface area contributed by atoms with Gasteiger partial charge in [-0.05, 0) is 55.7 Å². The van der Waals surface area contributed by atoms with Gasteiger partial charge in [0.25, 0.3) is 0 Å². The topological polar surface area (TPSA) is 20.3 Å². The predicted octanol–water partition coefficient (Wildman–Crippen LogP) is 3.85. The van der Waals surface area contributed by atoms with E-state index in [-0.39, 0.29) is 11.6 Å². The Morgan fingerprint density at radius 2 is 1.90 bits per heavy atom. The monoisotopic (exact) mass is 283 g/mol. The van der Waals surface area contributed by atoms with Crippen LogP contribution >= 0.6 is 0 Å². The highest BCUT2D eigenvalue weighted by molar-refractivity contribution is 5.99. The van der Waals surface area contributed by atoms with Gasteiger partial charge in [0.15, 0.2) is 5.78 Å². The molecule has 0 saturated heterocycles. The number of halogens is 1. The number of carbonyl (C=O) groups excluding carboxylic acids is 1. The van der Waals surface area contributed by atoms with Gasteiger partial charge >= 0.3 is 0 Å². The molecule has 0 aliphatic carbocycles. The number of anilines is 1. The molecule has 2 aromatic rings. The number of ketones is 1. The molecule has 3 heteroatoms. The smallest absolute Gasteiger partial charge is 0.182 e. The summed E-state index contributed by atoms with van der Waals surface area (Å²) in [4.78, 5) is 14.6. The first-order valence-electron chi connectivity index (χ1n) is 7.28. The molecule has 2 nitrogen and oxygen atoms in total. The molecule has 0 spiro atoms. The molecule has 0 bridgehead atoms. The standard InChI is InChI=1S/C18H18FNO/c1-13-6-7-14-4-2-3-5-17(14)20(13)12-18(21)15-8-10-16(19)11-9-15/h2-5,8-11,13H,6-7,12H2,1H3. The molecule has 108 valence electrons. The molecule has 0 saturated carbocycles. The molecule has 1 heterocycles. The molecule has 1 unspecified atom stereocenters. The van der Waals surface area contributed by atoms with Gasteiger partial charge in [0.1, 0.15) is 5.82 Å². The number of hydrogen-bond donors (Lipinski definition) is 0. The van der Waals surface area contributed by atoms with Crippen molar-refractivity contribution < 1.29 is 9.18 Å². The van der Waals surface area contributed by atoms with Crippen molar-refractivity contribution >= 4 is 11.5 Å². The first-order valence-corrected chi connectivity index (χ1v) is 7.28. The summed E-state index contributed by atoms with van der Waals surface area (Å²) < 4.78 is 12.9. The Labute approximate surface area is 124 Å². The second-order valence-corrected chi connectivity index (χ2v) is 5.57. The maximum absolute atomic E-state index is 12.9. The fraction of sp³-hybridized carbons (Fsp3) is 0.278. The van der Waals surface area contributed by atoms with Crippen molar-refractivity contribution in [2.75, 3.05) is 11.4 Å². The summed E-state index contributed by atoms with van der Waals surface area (Å²) in [6, 6.07) is 14.3. The third kappa shape index (κ3) is 2.82. The Kier molecular flexibility index (Phi) is 3.74. The quantitative estimate of drug-likeness (QED) is 0.797. The van der Waals surface area contributed by atoms with Gasteiger partial charge in [-0.3, -0.25) is 4.79 Å². The molecule has 0 amide bonds. The molecule has 21 heavy (non-hydrogen) atoms. The number of fused-ring (bicyclic) bond motifs is 1.